The molecule has 1 aromatic carbocycles. The van der Waals surface area contributed by atoms with Crippen LogP contribution in [0.1, 0.15) is 11.1 Å². The van der Waals surface area contributed by atoms with Crippen molar-refractivity contribution in [1.82, 2.24) is 15.0 Å². The van der Waals surface area contributed by atoms with Crippen molar-refractivity contribution < 1.29 is 17.6 Å². The quantitative estimate of drug-likeness (QED) is 0.786. The highest BCUT2D eigenvalue weighted by Crippen LogP contribution is 2.31. The standard InChI is InChI=1S/C15H8F3N5O/c16-15(17,18)11-3-1-10(2-4-11)12-8-22-14(24-12)23-13-20-6-9(5-19)7-21-13/h1-4,6-8H,(H,20,21,22,23). The molecule has 2 aromatic heterocycles. The molecule has 0 spiro atoms. The Morgan fingerprint density at radius 3 is 2.25 bits per heavy atom. The first-order valence-corrected chi connectivity index (χ1v) is 6.58. The van der Waals surface area contributed by atoms with Gasteiger partial charge in [-0.25, -0.2) is 15.0 Å². The van der Waals surface area contributed by atoms with Crippen molar-refractivity contribution in [3.05, 3.63) is 54.0 Å². The molecule has 2 heterocycles. The summed E-state index contributed by atoms with van der Waals surface area (Å²) in [6, 6.07) is 6.49. The van der Waals surface area contributed by atoms with Crippen LogP contribution in [0.15, 0.2) is 47.3 Å². The van der Waals surface area contributed by atoms with Crippen molar-refractivity contribution in [2.45, 2.75) is 6.18 Å². The SMILES string of the molecule is N#Cc1cnc(Nc2ncc(-c3ccc(C(F)(F)F)cc3)o2)nc1. The van der Waals surface area contributed by atoms with Gasteiger partial charge in [0.15, 0.2) is 5.76 Å². The molecule has 9 heteroatoms. The predicted molar refractivity (Wildman–Crippen MR) is 77.0 cm³/mol. The van der Waals surface area contributed by atoms with Gasteiger partial charge in [0.1, 0.15) is 6.07 Å². The van der Waals surface area contributed by atoms with E-state index in [1.165, 1.54) is 30.7 Å². The van der Waals surface area contributed by atoms with Crippen LogP contribution in [0.5, 0.6) is 0 Å². The number of aromatic nitrogens is 3. The van der Waals surface area contributed by atoms with E-state index in [9.17, 15) is 13.2 Å². The topological polar surface area (TPSA) is 87.6 Å². The first-order chi connectivity index (χ1) is 11.5. The summed E-state index contributed by atoms with van der Waals surface area (Å²) in [7, 11) is 0. The van der Waals surface area contributed by atoms with Crippen molar-refractivity contribution in [3.63, 3.8) is 0 Å². The Kier molecular flexibility index (Phi) is 3.87. The third-order valence-electron chi connectivity index (χ3n) is 3.00. The van der Waals surface area contributed by atoms with Crippen molar-refractivity contribution in [2.75, 3.05) is 5.32 Å². The van der Waals surface area contributed by atoms with Crippen molar-refractivity contribution in [1.29, 1.82) is 5.26 Å². The van der Waals surface area contributed by atoms with Crippen molar-refractivity contribution in [3.8, 4) is 17.4 Å². The molecule has 0 aliphatic rings. The van der Waals surface area contributed by atoms with E-state index in [1.807, 2.05) is 6.07 Å². The molecular formula is C15H8F3N5O. The second-order valence-electron chi connectivity index (χ2n) is 4.64. The Bertz CT molecular complexity index is 879. The highest BCUT2D eigenvalue weighted by atomic mass is 19.4. The number of anilines is 2. The van der Waals surface area contributed by atoms with Crippen LogP contribution in [0, 0.1) is 11.3 Å². The largest absolute Gasteiger partial charge is 0.423 e. The Balaban J connectivity index is 1.76. The molecule has 0 radical (unpaired) electrons. The van der Waals surface area contributed by atoms with Gasteiger partial charge in [-0.05, 0) is 12.1 Å². The zero-order chi connectivity index (χ0) is 17.2. The van der Waals surface area contributed by atoms with E-state index < -0.39 is 11.7 Å². The molecule has 120 valence electrons. The smallest absolute Gasteiger partial charge is 0.416 e. The zero-order valence-electron chi connectivity index (χ0n) is 11.9. The lowest BCUT2D eigenvalue weighted by molar-refractivity contribution is -0.137. The maximum absolute atomic E-state index is 12.5. The molecule has 0 amide bonds. The highest BCUT2D eigenvalue weighted by molar-refractivity contribution is 5.58. The van der Waals surface area contributed by atoms with E-state index in [4.69, 9.17) is 9.68 Å². The molecule has 0 unspecified atom stereocenters. The Hall–Kier alpha value is -3.41. The Morgan fingerprint density at radius 1 is 1.00 bits per heavy atom. The average molecular weight is 331 g/mol. The van der Waals surface area contributed by atoms with Gasteiger partial charge in [0, 0.05) is 5.56 Å². The van der Waals surface area contributed by atoms with Crippen molar-refractivity contribution in [2.24, 2.45) is 0 Å². The fourth-order valence-corrected chi connectivity index (χ4v) is 1.83. The fraction of sp³-hybridized carbons (Fsp3) is 0.0667. The number of alkyl halides is 3. The molecule has 6 nitrogen and oxygen atoms in total. The minimum absolute atomic E-state index is 0.0783. The molecule has 3 aromatic rings. The van der Waals surface area contributed by atoms with E-state index >= 15 is 0 Å². The number of halogens is 3. The van der Waals surface area contributed by atoms with Gasteiger partial charge in [0.05, 0.1) is 29.7 Å². The van der Waals surface area contributed by atoms with E-state index in [1.54, 1.807) is 0 Å². The highest BCUT2D eigenvalue weighted by Gasteiger charge is 2.30. The molecular weight excluding hydrogens is 323 g/mol. The van der Waals surface area contributed by atoms with Crippen LogP contribution in [-0.4, -0.2) is 15.0 Å². The third kappa shape index (κ3) is 3.33. The molecule has 24 heavy (non-hydrogen) atoms. The van der Waals surface area contributed by atoms with Gasteiger partial charge in [0.25, 0.3) is 0 Å². The second-order valence-corrected chi connectivity index (χ2v) is 4.64. The van der Waals surface area contributed by atoms with Gasteiger partial charge >= 0.3 is 12.2 Å². The lowest BCUT2D eigenvalue weighted by Gasteiger charge is -2.06. The molecule has 0 bridgehead atoms. The number of benzene rings is 1. The maximum atomic E-state index is 12.5. The molecule has 0 saturated heterocycles. The summed E-state index contributed by atoms with van der Waals surface area (Å²) in [4.78, 5) is 11.7. The Morgan fingerprint density at radius 2 is 1.67 bits per heavy atom. The number of nitriles is 1. The van der Waals surface area contributed by atoms with Crippen LogP contribution in [0.4, 0.5) is 25.1 Å². The van der Waals surface area contributed by atoms with Gasteiger partial charge < -0.3 is 4.42 Å². The van der Waals surface area contributed by atoms with Crippen LogP contribution in [0.3, 0.4) is 0 Å². The van der Waals surface area contributed by atoms with E-state index in [-0.39, 0.29) is 12.0 Å². The zero-order valence-corrected chi connectivity index (χ0v) is 11.9. The number of hydrogen-bond acceptors (Lipinski definition) is 6. The molecule has 0 atom stereocenters. The summed E-state index contributed by atoms with van der Waals surface area (Å²) in [5.41, 5.74) is 0.0118. The Labute approximate surface area is 133 Å². The van der Waals surface area contributed by atoms with Crippen LogP contribution in [0.2, 0.25) is 0 Å². The van der Waals surface area contributed by atoms with Gasteiger partial charge in [-0.3, -0.25) is 5.32 Å². The molecule has 0 saturated carbocycles. The second kappa shape index (κ2) is 6.00. The summed E-state index contributed by atoms with van der Waals surface area (Å²) in [5, 5.41) is 11.4. The summed E-state index contributed by atoms with van der Waals surface area (Å²) in [6.45, 7) is 0. The first kappa shape index (κ1) is 15.5. The van der Waals surface area contributed by atoms with Crippen molar-refractivity contribution >= 4 is 12.0 Å². The molecule has 0 aliphatic carbocycles. The maximum Gasteiger partial charge on any atom is 0.416 e. The minimum atomic E-state index is -4.39. The normalized spacial score (nSPS) is 11.1. The van der Waals surface area contributed by atoms with Crippen LogP contribution >= 0.6 is 0 Å². The first-order valence-electron chi connectivity index (χ1n) is 6.58. The summed E-state index contributed by atoms with van der Waals surface area (Å²) >= 11 is 0. The van der Waals surface area contributed by atoms with E-state index in [0.717, 1.165) is 12.1 Å². The predicted octanol–water partition coefficient (Wildman–Crippen LogP) is 3.77. The van der Waals surface area contributed by atoms with Gasteiger partial charge in [0.2, 0.25) is 5.95 Å². The lowest BCUT2D eigenvalue weighted by atomic mass is 10.1. The molecule has 0 aliphatic heterocycles. The molecule has 0 fully saturated rings. The monoisotopic (exact) mass is 331 g/mol. The summed E-state index contributed by atoms with van der Waals surface area (Å²) < 4.78 is 43.0. The van der Waals surface area contributed by atoms with Gasteiger partial charge in [-0.2, -0.15) is 18.4 Å². The molecule has 3 rings (SSSR count). The van der Waals surface area contributed by atoms with Gasteiger partial charge in [-0.1, -0.05) is 12.1 Å². The number of nitrogens with zero attached hydrogens (tertiary/aromatic N) is 4. The third-order valence-corrected chi connectivity index (χ3v) is 3.00. The summed E-state index contributed by atoms with van der Waals surface area (Å²) in [5.74, 6) is 0.467. The van der Waals surface area contributed by atoms with E-state index in [2.05, 4.69) is 20.3 Å². The number of oxazole rings is 1. The average Bonchev–Trinajstić information content (AvgIpc) is 3.03. The fourth-order valence-electron chi connectivity index (χ4n) is 1.83. The van der Waals surface area contributed by atoms with Crippen LogP contribution < -0.4 is 5.32 Å². The van der Waals surface area contributed by atoms with Crippen LogP contribution in [0.25, 0.3) is 11.3 Å². The summed E-state index contributed by atoms with van der Waals surface area (Å²) in [6.07, 6.45) is -0.363. The van der Waals surface area contributed by atoms with E-state index in [0.29, 0.717) is 16.9 Å². The van der Waals surface area contributed by atoms with Gasteiger partial charge in [-0.15, -0.1) is 0 Å². The molecule has 1 N–H and O–H groups in total. The number of rotatable bonds is 3. The lowest BCUT2D eigenvalue weighted by Crippen LogP contribution is -2.03. The number of nitrogens with one attached hydrogen (secondary N) is 1. The minimum Gasteiger partial charge on any atom is -0.423 e. The van der Waals surface area contributed by atoms with Crippen LogP contribution in [-0.2, 0) is 6.18 Å². The number of hydrogen-bond donors (Lipinski definition) is 1.